The van der Waals surface area contributed by atoms with Crippen LogP contribution in [0, 0.1) is 11.8 Å². The van der Waals surface area contributed by atoms with Crippen LogP contribution in [0.1, 0.15) is 39.7 Å². The molecule has 2 rings (SSSR count). The average Bonchev–Trinajstić information content (AvgIpc) is 2.79. The number of benzene rings is 1. The summed E-state index contributed by atoms with van der Waals surface area (Å²) in [5, 5.41) is 0. The van der Waals surface area contributed by atoms with Crippen LogP contribution in [-0.4, -0.2) is 12.1 Å². The van der Waals surface area contributed by atoms with E-state index in [-0.39, 0.29) is 23.9 Å². The highest BCUT2D eigenvalue weighted by atomic mass is 16.6. The molecule has 3 atom stereocenters. The fraction of sp³-hybridized carbons (Fsp3) is 0.381. The van der Waals surface area contributed by atoms with Gasteiger partial charge in [-0.15, -0.1) is 0 Å². The lowest BCUT2D eigenvalue weighted by Gasteiger charge is -2.12. The van der Waals surface area contributed by atoms with Crippen LogP contribution in [0.15, 0.2) is 59.7 Å². The van der Waals surface area contributed by atoms with Gasteiger partial charge in [-0.1, -0.05) is 79.6 Å². The van der Waals surface area contributed by atoms with Gasteiger partial charge in [-0.25, -0.2) is 0 Å². The van der Waals surface area contributed by atoms with Crippen LogP contribution in [-0.2, 0) is 9.53 Å². The van der Waals surface area contributed by atoms with Crippen molar-refractivity contribution in [2.75, 3.05) is 0 Å². The molecule has 2 nitrogen and oxygen atoms in total. The minimum absolute atomic E-state index is 0.0346. The number of hydrogen-bond acceptors (Lipinski definition) is 2. The molecule has 0 saturated carbocycles. The zero-order valence-electron chi connectivity index (χ0n) is 14.5. The Kier molecular flexibility index (Phi) is 5.97. The Bertz CT molecular complexity index is 623. The van der Waals surface area contributed by atoms with E-state index in [1.165, 1.54) is 16.7 Å². The second-order valence-corrected chi connectivity index (χ2v) is 6.24. The molecule has 0 bridgehead atoms. The van der Waals surface area contributed by atoms with Crippen LogP contribution in [0.3, 0.4) is 0 Å². The Labute approximate surface area is 139 Å². The molecule has 0 radical (unpaired) electrons. The first-order valence-corrected chi connectivity index (χ1v) is 8.34. The predicted octanol–water partition coefficient (Wildman–Crippen LogP) is 5.18. The molecule has 1 saturated heterocycles. The Morgan fingerprint density at radius 2 is 1.91 bits per heavy atom. The molecule has 1 heterocycles. The summed E-state index contributed by atoms with van der Waals surface area (Å²) in [6.07, 6.45) is 9.56. The third-order valence-corrected chi connectivity index (χ3v) is 4.36. The van der Waals surface area contributed by atoms with E-state index in [9.17, 15) is 4.79 Å². The van der Waals surface area contributed by atoms with Crippen LogP contribution in [0.25, 0.3) is 6.08 Å². The number of rotatable bonds is 5. The van der Waals surface area contributed by atoms with E-state index in [0.29, 0.717) is 0 Å². The SMILES string of the molecule is CCC(C=C(C)C=Cc1ccccc1)=CC1C(C)OC(=O)C1C. The molecule has 122 valence electrons. The van der Waals surface area contributed by atoms with Gasteiger partial charge in [-0.2, -0.15) is 0 Å². The lowest BCUT2D eigenvalue weighted by atomic mass is 9.89. The maximum Gasteiger partial charge on any atom is 0.309 e. The molecule has 0 N–H and O–H groups in total. The first kappa shape index (κ1) is 17.3. The smallest absolute Gasteiger partial charge is 0.309 e. The molecule has 3 unspecified atom stereocenters. The third-order valence-electron chi connectivity index (χ3n) is 4.36. The lowest BCUT2D eigenvalue weighted by molar-refractivity contribution is -0.143. The molecule has 1 aliphatic heterocycles. The molecular formula is C21H26O2. The lowest BCUT2D eigenvalue weighted by Crippen LogP contribution is -2.14. The summed E-state index contributed by atoms with van der Waals surface area (Å²) in [5.41, 5.74) is 3.65. The first-order valence-electron chi connectivity index (χ1n) is 8.34. The van der Waals surface area contributed by atoms with Crippen molar-refractivity contribution in [3.05, 3.63) is 65.3 Å². The van der Waals surface area contributed by atoms with Crippen molar-refractivity contribution in [1.29, 1.82) is 0 Å². The molecule has 0 spiro atoms. The molecule has 23 heavy (non-hydrogen) atoms. The van der Waals surface area contributed by atoms with Crippen LogP contribution >= 0.6 is 0 Å². The summed E-state index contributed by atoms with van der Waals surface area (Å²) in [4.78, 5) is 11.7. The summed E-state index contributed by atoms with van der Waals surface area (Å²) >= 11 is 0. The number of cyclic esters (lactones) is 1. The van der Waals surface area contributed by atoms with Crippen LogP contribution in [0.2, 0.25) is 0 Å². The molecule has 1 aliphatic rings. The molecule has 2 heteroatoms. The average molecular weight is 310 g/mol. The summed E-state index contributed by atoms with van der Waals surface area (Å²) in [5.74, 6) is 0.0265. The monoisotopic (exact) mass is 310 g/mol. The van der Waals surface area contributed by atoms with Crippen molar-refractivity contribution in [3.63, 3.8) is 0 Å². The summed E-state index contributed by atoms with van der Waals surface area (Å²) < 4.78 is 5.32. The quantitative estimate of drug-likeness (QED) is 0.553. The number of ether oxygens (including phenoxy) is 1. The van der Waals surface area contributed by atoms with Crippen molar-refractivity contribution in [2.45, 2.75) is 40.2 Å². The van der Waals surface area contributed by atoms with Gasteiger partial charge < -0.3 is 4.74 Å². The normalized spacial score (nSPS) is 25.9. The van der Waals surface area contributed by atoms with Crippen LogP contribution in [0.5, 0.6) is 0 Å². The van der Waals surface area contributed by atoms with Crippen molar-refractivity contribution >= 4 is 12.0 Å². The van der Waals surface area contributed by atoms with E-state index in [4.69, 9.17) is 4.74 Å². The van der Waals surface area contributed by atoms with Gasteiger partial charge in [0.25, 0.3) is 0 Å². The van der Waals surface area contributed by atoms with Gasteiger partial charge in [0.15, 0.2) is 0 Å². The second-order valence-electron chi connectivity index (χ2n) is 6.24. The van der Waals surface area contributed by atoms with Crippen LogP contribution in [0.4, 0.5) is 0 Å². The number of carbonyl (C=O) groups excluding carboxylic acids is 1. The van der Waals surface area contributed by atoms with Gasteiger partial charge in [-0.3, -0.25) is 4.79 Å². The van der Waals surface area contributed by atoms with E-state index in [2.05, 4.69) is 50.3 Å². The maximum atomic E-state index is 11.7. The topological polar surface area (TPSA) is 26.3 Å². The Hall–Kier alpha value is -2.09. The summed E-state index contributed by atoms with van der Waals surface area (Å²) in [7, 11) is 0. The van der Waals surface area contributed by atoms with Crippen molar-refractivity contribution in [2.24, 2.45) is 11.8 Å². The van der Waals surface area contributed by atoms with Crippen LogP contribution < -0.4 is 0 Å². The summed E-state index contributed by atoms with van der Waals surface area (Å²) in [6, 6.07) is 10.3. The van der Waals surface area contributed by atoms with E-state index in [1.807, 2.05) is 32.0 Å². The van der Waals surface area contributed by atoms with Gasteiger partial charge in [0, 0.05) is 5.92 Å². The molecule has 1 aromatic carbocycles. The highest BCUT2D eigenvalue weighted by Gasteiger charge is 2.37. The molecule has 1 fully saturated rings. The van der Waals surface area contributed by atoms with Gasteiger partial charge in [0.05, 0.1) is 5.92 Å². The van der Waals surface area contributed by atoms with E-state index < -0.39 is 0 Å². The highest BCUT2D eigenvalue weighted by molar-refractivity contribution is 5.75. The highest BCUT2D eigenvalue weighted by Crippen LogP contribution is 2.30. The van der Waals surface area contributed by atoms with E-state index >= 15 is 0 Å². The van der Waals surface area contributed by atoms with E-state index in [1.54, 1.807) is 0 Å². The molecule has 0 aliphatic carbocycles. The third kappa shape index (κ3) is 4.69. The minimum atomic E-state index is -0.0844. The van der Waals surface area contributed by atoms with Crippen molar-refractivity contribution < 1.29 is 9.53 Å². The summed E-state index contributed by atoms with van der Waals surface area (Å²) in [6.45, 7) is 8.17. The molecule has 0 amide bonds. The van der Waals surface area contributed by atoms with Crippen molar-refractivity contribution in [1.82, 2.24) is 0 Å². The Morgan fingerprint density at radius 1 is 1.22 bits per heavy atom. The van der Waals surface area contributed by atoms with Gasteiger partial charge in [-0.05, 0) is 25.8 Å². The fourth-order valence-corrected chi connectivity index (χ4v) is 2.86. The number of carbonyl (C=O) groups is 1. The number of esters is 1. The predicted molar refractivity (Wildman–Crippen MR) is 95.8 cm³/mol. The minimum Gasteiger partial charge on any atom is -0.462 e. The van der Waals surface area contributed by atoms with Gasteiger partial charge >= 0.3 is 5.97 Å². The molecule has 1 aromatic rings. The standard InChI is InChI=1S/C21H26O2/c1-5-18(14-20-16(3)21(22)23-17(20)4)13-15(2)11-12-19-9-7-6-8-10-19/h6-14,16-17,20H,5H2,1-4H3. The molecular weight excluding hydrogens is 284 g/mol. The van der Waals surface area contributed by atoms with Crippen molar-refractivity contribution in [3.8, 4) is 0 Å². The Morgan fingerprint density at radius 3 is 2.48 bits per heavy atom. The van der Waals surface area contributed by atoms with E-state index in [0.717, 1.165) is 6.42 Å². The fourth-order valence-electron chi connectivity index (χ4n) is 2.86. The second kappa shape index (κ2) is 7.96. The number of hydrogen-bond donors (Lipinski definition) is 0. The largest absolute Gasteiger partial charge is 0.462 e. The Balaban J connectivity index is 2.12. The van der Waals surface area contributed by atoms with Gasteiger partial charge in [0.2, 0.25) is 0 Å². The zero-order valence-corrected chi connectivity index (χ0v) is 14.5. The maximum absolute atomic E-state index is 11.7. The number of allylic oxidation sites excluding steroid dienone is 4. The zero-order chi connectivity index (χ0) is 16.8. The molecule has 0 aromatic heterocycles. The van der Waals surface area contributed by atoms with Gasteiger partial charge in [0.1, 0.15) is 6.10 Å². The first-order chi connectivity index (χ1) is 11.0.